The molecule has 104 valence electrons. The van der Waals surface area contributed by atoms with E-state index < -0.39 is 0 Å². The molecule has 20 heavy (non-hydrogen) atoms. The van der Waals surface area contributed by atoms with Crippen LogP contribution in [0.3, 0.4) is 0 Å². The van der Waals surface area contributed by atoms with Crippen LogP contribution in [0.5, 0.6) is 0 Å². The van der Waals surface area contributed by atoms with Crippen molar-refractivity contribution in [2.24, 2.45) is 5.92 Å². The Labute approximate surface area is 119 Å². The SMILES string of the molecule is O=C1OC(c2ccccc2)=C2CCC[C@H]3CCCN1[C@H]23. The lowest BCUT2D eigenvalue weighted by Gasteiger charge is -2.47. The van der Waals surface area contributed by atoms with Gasteiger partial charge in [0, 0.05) is 12.1 Å². The first-order chi connectivity index (χ1) is 9.84. The smallest absolute Gasteiger partial charge is 0.410 e. The molecule has 0 bridgehead atoms. The van der Waals surface area contributed by atoms with Crippen molar-refractivity contribution < 1.29 is 9.53 Å². The predicted molar refractivity (Wildman–Crippen MR) is 76.9 cm³/mol. The van der Waals surface area contributed by atoms with Gasteiger partial charge in [-0.1, -0.05) is 30.3 Å². The van der Waals surface area contributed by atoms with E-state index in [0.717, 1.165) is 30.7 Å². The summed E-state index contributed by atoms with van der Waals surface area (Å²) in [7, 11) is 0. The maximum atomic E-state index is 12.3. The summed E-state index contributed by atoms with van der Waals surface area (Å²) in [5, 5.41) is 0. The van der Waals surface area contributed by atoms with E-state index in [0.29, 0.717) is 12.0 Å². The molecular weight excluding hydrogens is 250 g/mol. The number of hydrogen-bond acceptors (Lipinski definition) is 2. The second kappa shape index (κ2) is 4.65. The Hall–Kier alpha value is -1.77. The van der Waals surface area contributed by atoms with Gasteiger partial charge in [0.2, 0.25) is 0 Å². The van der Waals surface area contributed by atoms with E-state index in [1.165, 1.54) is 24.8 Å². The summed E-state index contributed by atoms with van der Waals surface area (Å²) in [5.74, 6) is 1.47. The highest BCUT2D eigenvalue weighted by atomic mass is 16.6. The van der Waals surface area contributed by atoms with Gasteiger partial charge in [-0.15, -0.1) is 0 Å². The Kier molecular flexibility index (Phi) is 2.79. The zero-order valence-electron chi connectivity index (χ0n) is 11.5. The van der Waals surface area contributed by atoms with Gasteiger partial charge < -0.3 is 9.64 Å². The summed E-state index contributed by atoms with van der Waals surface area (Å²) in [5.41, 5.74) is 2.40. The van der Waals surface area contributed by atoms with Gasteiger partial charge in [-0.2, -0.15) is 0 Å². The second-order valence-electron chi connectivity index (χ2n) is 6.02. The van der Waals surface area contributed by atoms with Gasteiger partial charge in [-0.25, -0.2) is 4.79 Å². The maximum absolute atomic E-state index is 12.3. The van der Waals surface area contributed by atoms with Crippen molar-refractivity contribution in [3.05, 3.63) is 41.5 Å². The zero-order valence-corrected chi connectivity index (χ0v) is 11.5. The number of benzene rings is 1. The molecule has 1 aromatic carbocycles. The van der Waals surface area contributed by atoms with Gasteiger partial charge in [0.15, 0.2) is 0 Å². The molecule has 0 spiro atoms. The third-order valence-corrected chi connectivity index (χ3v) is 4.89. The van der Waals surface area contributed by atoms with Crippen molar-refractivity contribution in [1.82, 2.24) is 4.90 Å². The van der Waals surface area contributed by atoms with Crippen molar-refractivity contribution >= 4 is 11.9 Å². The van der Waals surface area contributed by atoms with Crippen LogP contribution in [0, 0.1) is 5.92 Å². The molecule has 0 N–H and O–H groups in total. The van der Waals surface area contributed by atoms with E-state index >= 15 is 0 Å². The fourth-order valence-electron chi connectivity index (χ4n) is 4.05. The van der Waals surface area contributed by atoms with Crippen molar-refractivity contribution in [3.8, 4) is 0 Å². The lowest BCUT2D eigenvalue weighted by atomic mass is 9.74. The van der Waals surface area contributed by atoms with Gasteiger partial charge in [0.1, 0.15) is 5.76 Å². The van der Waals surface area contributed by atoms with Crippen LogP contribution in [0.15, 0.2) is 35.9 Å². The van der Waals surface area contributed by atoms with Crippen molar-refractivity contribution in [3.63, 3.8) is 0 Å². The minimum absolute atomic E-state index is 0.149. The van der Waals surface area contributed by atoms with Gasteiger partial charge >= 0.3 is 6.09 Å². The highest BCUT2D eigenvalue weighted by Crippen LogP contribution is 2.44. The molecule has 0 radical (unpaired) electrons. The van der Waals surface area contributed by atoms with Gasteiger partial charge in [0.05, 0.1) is 6.04 Å². The Morgan fingerprint density at radius 2 is 1.90 bits per heavy atom. The summed E-state index contributed by atoms with van der Waals surface area (Å²) in [4.78, 5) is 14.3. The normalized spacial score (nSPS) is 29.0. The molecule has 1 saturated heterocycles. The molecule has 1 amide bonds. The first-order valence-corrected chi connectivity index (χ1v) is 7.61. The summed E-state index contributed by atoms with van der Waals surface area (Å²) in [6.07, 6.45) is 5.75. The molecule has 3 nitrogen and oxygen atoms in total. The first-order valence-electron chi connectivity index (χ1n) is 7.61. The van der Waals surface area contributed by atoms with Crippen molar-refractivity contribution in [2.75, 3.05) is 6.54 Å². The Morgan fingerprint density at radius 3 is 2.75 bits per heavy atom. The number of nitrogens with zero attached hydrogens (tertiary/aromatic N) is 1. The second-order valence-corrected chi connectivity index (χ2v) is 6.02. The number of cyclic esters (lactones) is 1. The molecule has 1 aliphatic carbocycles. The number of ether oxygens (including phenoxy) is 1. The zero-order chi connectivity index (χ0) is 13.5. The van der Waals surface area contributed by atoms with Crippen LogP contribution in [0.1, 0.15) is 37.7 Å². The average Bonchev–Trinajstić information content (AvgIpc) is 2.52. The summed E-state index contributed by atoms with van der Waals surface area (Å²) >= 11 is 0. The molecule has 3 heteroatoms. The quantitative estimate of drug-likeness (QED) is 0.775. The maximum Gasteiger partial charge on any atom is 0.415 e. The van der Waals surface area contributed by atoms with E-state index in [1.54, 1.807) is 0 Å². The number of amides is 1. The molecule has 2 fully saturated rings. The highest BCUT2D eigenvalue weighted by Gasteiger charge is 2.44. The number of rotatable bonds is 1. The standard InChI is InChI=1S/C17H19NO2/c19-17-18-11-5-9-12-8-4-10-14(15(12)18)16(20-17)13-6-2-1-3-7-13/h1-3,6-7,12,15H,4-5,8-11H2/t12-,15-/m0/s1. The number of carbonyl (C=O) groups excluding carboxylic acids is 1. The summed E-state index contributed by atoms with van der Waals surface area (Å²) in [6, 6.07) is 10.4. The molecule has 2 atom stereocenters. The molecule has 0 aromatic heterocycles. The summed E-state index contributed by atoms with van der Waals surface area (Å²) in [6.45, 7) is 0.853. The Balaban J connectivity index is 1.83. The van der Waals surface area contributed by atoms with E-state index in [2.05, 4.69) is 0 Å². The molecule has 1 aromatic rings. The topological polar surface area (TPSA) is 29.5 Å². The average molecular weight is 269 g/mol. The number of carbonyl (C=O) groups is 1. The highest BCUT2D eigenvalue weighted by molar-refractivity contribution is 5.82. The van der Waals surface area contributed by atoms with E-state index in [4.69, 9.17) is 4.74 Å². The van der Waals surface area contributed by atoms with Crippen LogP contribution in [-0.4, -0.2) is 23.6 Å². The monoisotopic (exact) mass is 269 g/mol. The molecular formula is C17H19NO2. The third kappa shape index (κ3) is 1.76. The number of piperidine rings is 1. The van der Waals surface area contributed by atoms with Crippen LogP contribution in [0.2, 0.25) is 0 Å². The molecule has 4 rings (SSSR count). The number of hydrogen-bond donors (Lipinski definition) is 0. The van der Waals surface area contributed by atoms with E-state index in [-0.39, 0.29) is 6.09 Å². The fraction of sp³-hybridized carbons (Fsp3) is 0.471. The molecule has 3 aliphatic rings. The molecule has 0 unspecified atom stereocenters. The van der Waals surface area contributed by atoms with E-state index in [1.807, 2.05) is 35.2 Å². The molecule has 2 aliphatic heterocycles. The Morgan fingerprint density at radius 1 is 1.10 bits per heavy atom. The predicted octanol–water partition coefficient (Wildman–Crippen LogP) is 3.81. The summed E-state index contributed by atoms with van der Waals surface area (Å²) < 4.78 is 5.69. The van der Waals surface area contributed by atoms with Crippen molar-refractivity contribution in [1.29, 1.82) is 0 Å². The Bertz CT molecular complexity index is 562. The van der Waals surface area contributed by atoms with Gasteiger partial charge in [-0.3, -0.25) is 0 Å². The largest absolute Gasteiger partial charge is 0.415 e. The third-order valence-electron chi connectivity index (χ3n) is 4.89. The minimum Gasteiger partial charge on any atom is -0.410 e. The van der Waals surface area contributed by atoms with Gasteiger partial charge in [-0.05, 0) is 43.6 Å². The molecule has 1 saturated carbocycles. The molecule has 2 heterocycles. The first kappa shape index (κ1) is 12.0. The van der Waals surface area contributed by atoms with E-state index in [9.17, 15) is 4.79 Å². The fourth-order valence-corrected chi connectivity index (χ4v) is 4.05. The van der Waals surface area contributed by atoms with Crippen LogP contribution >= 0.6 is 0 Å². The van der Waals surface area contributed by atoms with Gasteiger partial charge in [0.25, 0.3) is 0 Å². The van der Waals surface area contributed by atoms with Crippen molar-refractivity contribution in [2.45, 2.75) is 38.1 Å². The van der Waals surface area contributed by atoms with Crippen LogP contribution in [-0.2, 0) is 4.74 Å². The lowest BCUT2D eigenvalue weighted by Crippen LogP contribution is -2.53. The lowest BCUT2D eigenvalue weighted by molar-refractivity contribution is 0.0654. The minimum atomic E-state index is -0.149. The van der Waals surface area contributed by atoms with Crippen LogP contribution in [0.4, 0.5) is 4.79 Å². The van der Waals surface area contributed by atoms with Crippen LogP contribution < -0.4 is 0 Å². The van der Waals surface area contributed by atoms with Crippen LogP contribution in [0.25, 0.3) is 5.76 Å².